The highest BCUT2D eigenvalue weighted by atomic mass is 19.1. The maximum atomic E-state index is 13.8. The fourth-order valence-electron chi connectivity index (χ4n) is 6.84. The number of fused-ring (bicyclic) bond motifs is 2. The summed E-state index contributed by atoms with van der Waals surface area (Å²) in [7, 11) is 4.17. The molecule has 1 saturated carbocycles. The molecular formula is C34H40FN7O2. The van der Waals surface area contributed by atoms with Gasteiger partial charge in [0.05, 0.1) is 18.8 Å². The Morgan fingerprint density at radius 2 is 1.93 bits per heavy atom. The smallest absolute Gasteiger partial charge is 0.318 e. The molecule has 1 unspecified atom stereocenters. The van der Waals surface area contributed by atoms with Crippen molar-refractivity contribution in [1.29, 1.82) is 0 Å². The van der Waals surface area contributed by atoms with Gasteiger partial charge in [-0.2, -0.15) is 9.97 Å². The van der Waals surface area contributed by atoms with Gasteiger partial charge in [-0.15, -0.1) is 0 Å². The van der Waals surface area contributed by atoms with Gasteiger partial charge < -0.3 is 29.2 Å². The van der Waals surface area contributed by atoms with Crippen molar-refractivity contribution >= 4 is 28.2 Å². The second-order valence-electron chi connectivity index (χ2n) is 12.7. The number of halogens is 1. The Hall–Kier alpha value is -4.23. The van der Waals surface area contributed by atoms with Crippen molar-refractivity contribution in [2.24, 2.45) is 5.41 Å². The summed E-state index contributed by atoms with van der Waals surface area (Å²) in [6.45, 7) is 16.9. The summed E-state index contributed by atoms with van der Waals surface area (Å²) in [5.74, 6) is -0.958. The van der Waals surface area contributed by atoms with Gasteiger partial charge in [0.25, 0.3) is 5.91 Å². The lowest BCUT2D eigenvalue weighted by Gasteiger charge is -2.41. The third-order valence-corrected chi connectivity index (χ3v) is 9.15. The Balaban J connectivity index is 1.34. The lowest BCUT2D eigenvalue weighted by atomic mass is 9.99. The lowest BCUT2D eigenvalue weighted by Crippen LogP contribution is -2.57. The number of anilines is 2. The molecule has 1 aromatic heterocycles. The van der Waals surface area contributed by atoms with Gasteiger partial charge >= 0.3 is 6.01 Å². The van der Waals surface area contributed by atoms with E-state index in [0.717, 1.165) is 49.4 Å². The number of hydrogen-bond acceptors (Lipinski definition) is 7. The Bertz CT molecular complexity index is 1620. The molecule has 2 fully saturated rings. The summed E-state index contributed by atoms with van der Waals surface area (Å²) in [6, 6.07) is 12.7. The second kappa shape index (κ2) is 12.0. The van der Waals surface area contributed by atoms with E-state index in [1.165, 1.54) is 26.9 Å². The van der Waals surface area contributed by atoms with Crippen LogP contribution in [0.25, 0.3) is 15.6 Å². The van der Waals surface area contributed by atoms with E-state index in [-0.39, 0.29) is 18.5 Å². The number of piperazine rings is 1. The molecule has 3 aliphatic rings. The fourth-order valence-corrected chi connectivity index (χ4v) is 6.84. The van der Waals surface area contributed by atoms with Gasteiger partial charge in [0, 0.05) is 54.8 Å². The van der Waals surface area contributed by atoms with Gasteiger partial charge in [0.1, 0.15) is 11.9 Å². The van der Waals surface area contributed by atoms with Gasteiger partial charge in [0.15, 0.2) is 5.83 Å². The van der Waals surface area contributed by atoms with Crippen LogP contribution in [0.15, 0.2) is 48.8 Å². The highest BCUT2D eigenvalue weighted by molar-refractivity contribution is 5.97. The molecule has 1 atom stereocenters. The monoisotopic (exact) mass is 597 g/mol. The molecular weight excluding hydrogens is 557 g/mol. The van der Waals surface area contributed by atoms with E-state index in [4.69, 9.17) is 21.3 Å². The van der Waals surface area contributed by atoms with Gasteiger partial charge in [-0.1, -0.05) is 36.9 Å². The first-order chi connectivity index (χ1) is 21.2. The quantitative estimate of drug-likeness (QED) is 0.263. The molecule has 3 heterocycles. The summed E-state index contributed by atoms with van der Waals surface area (Å²) in [5, 5.41) is 2.46. The third kappa shape index (κ3) is 5.93. The number of ether oxygens (including phenoxy) is 1. The first-order valence-corrected chi connectivity index (χ1v) is 15.3. The summed E-state index contributed by atoms with van der Waals surface area (Å²) in [5.41, 5.74) is 4.54. The first kappa shape index (κ1) is 29.8. The SMILES string of the molecule is [C-]#[N+]CC1CN(c2nc(OCC3(CN(C)C)CC3)nc3c2CCN(c2cccc4cccc(C)c24)C3)CCN1C(=O)C(=C)F. The van der Waals surface area contributed by atoms with Gasteiger partial charge in [-0.25, -0.2) is 11.0 Å². The van der Waals surface area contributed by atoms with Crippen LogP contribution in [0.2, 0.25) is 0 Å². The topological polar surface area (TPSA) is 69.4 Å². The number of aryl methyl sites for hydroxylation is 1. The number of carbonyl (C=O) groups is 1. The highest BCUT2D eigenvalue weighted by Crippen LogP contribution is 2.46. The molecule has 3 aromatic rings. The average molecular weight is 598 g/mol. The van der Waals surface area contributed by atoms with Crippen molar-refractivity contribution in [1.82, 2.24) is 19.8 Å². The number of nitrogens with zero attached hydrogens (tertiary/aromatic N) is 7. The van der Waals surface area contributed by atoms with Crippen LogP contribution in [0.3, 0.4) is 0 Å². The summed E-state index contributed by atoms with van der Waals surface area (Å²) >= 11 is 0. The van der Waals surface area contributed by atoms with Crippen LogP contribution in [-0.2, 0) is 17.8 Å². The second-order valence-corrected chi connectivity index (χ2v) is 12.7. The lowest BCUT2D eigenvalue weighted by molar-refractivity contribution is -0.131. The molecule has 2 aliphatic heterocycles. The number of benzene rings is 2. The first-order valence-electron chi connectivity index (χ1n) is 15.3. The Labute approximate surface area is 258 Å². The standard InChI is InChI=1S/C34H40FN7O2/c1-23-8-6-9-25-10-7-11-29(30(23)25)40-15-12-27-28(20-40)37-33(44-22-34(13-14-34)21-39(4)5)38-31(27)41-16-17-42(32(43)24(2)35)26(19-41)18-36-3/h6-11,26H,2,12-22H2,1,4-5H3. The van der Waals surface area contributed by atoms with Crippen LogP contribution in [-0.4, -0.2) is 91.7 Å². The molecule has 230 valence electrons. The van der Waals surface area contributed by atoms with Crippen molar-refractivity contribution in [3.8, 4) is 6.01 Å². The van der Waals surface area contributed by atoms with Crippen LogP contribution in [0.4, 0.5) is 15.9 Å². The maximum absolute atomic E-state index is 13.8. The number of amides is 1. The molecule has 0 spiro atoms. The van der Waals surface area contributed by atoms with Crippen LogP contribution >= 0.6 is 0 Å². The van der Waals surface area contributed by atoms with Gasteiger partial charge in [-0.3, -0.25) is 4.79 Å². The Kier molecular flexibility index (Phi) is 8.16. The number of aromatic nitrogens is 2. The number of rotatable bonds is 9. The largest absolute Gasteiger partial charge is 0.463 e. The molecule has 44 heavy (non-hydrogen) atoms. The third-order valence-electron chi connectivity index (χ3n) is 9.15. The van der Waals surface area contributed by atoms with Crippen molar-refractivity contribution in [2.75, 3.05) is 69.8 Å². The number of hydrogen-bond donors (Lipinski definition) is 0. The maximum Gasteiger partial charge on any atom is 0.318 e. The van der Waals surface area contributed by atoms with E-state index in [1.807, 2.05) is 0 Å². The van der Waals surface area contributed by atoms with Crippen molar-refractivity contribution in [3.63, 3.8) is 0 Å². The molecule has 9 nitrogen and oxygen atoms in total. The zero-order chi connectivity index (χ0) is 31.0. The van der Waals surface area contributed by atoms with E-state index in [2.05, 4.69) is 83.5 Å². The molecule has 1 aliphatic carbocycles. The summed E-state index contributed by atoms with van der Waals surface area (Å²) < 4.78 is 20.2. The van der Waals surface area contributed by atoms with E-state index < -0.39 is 17.8 Å². The van der Waals surface area contributed by atoms with Gasteiger partial charge in [-0.05, 0) is 57.3 Å². The zero-order valence-corrected chi connectivity index (χ0v) is 25.9. The zero-order valence-electron chi connectivity index (χ0n) is 25.9. The molecule has 6 rings (SSSR count). The van der Waals surface area contributed by atoms with E-state index in [9.17, 15) is 9.18 Å². The van der Waals surface area contributed by atoms with Crippen LogP contribution in [0, 0.1) is 18.9 Å². The summed E-state index contributed by atoms with van der Waals surface area (Å²) in [6.07, 6.45) is 2.97. The van der Waals surface area contributed by atoms with E-state index >= 15 is 0 Å². The van der Waals surface area contributed by atoms with Gasteiger partial charge in [0.2, 0.25) is 6.54 Å². The predicted molar refractivity (Wildman–Crippen MR) is 171 cm³/mol. The predicted octanol–water partition coefficient (Wildman–Crippen LogP) is 4.64. The van der Waals surface area contributed by atoms with Crippen LogP contribution in [0.1, 0.15) is 29.7 Å². The normalized spacial score (nSPS) is 19.1. The highest BCUT2D eigenvalue weighted by Gasteiger charge is 2.44. The molecule has 1 amide bonds. The molecule has 0 radical (unpaired) electrons. The molecule has 1 saturated heterocycles. The molecule has 2 aromatic carbocycles. The van der Waals surface area contributed by atoms with Crippen molar-refractivity contribution in [3.05, 3.63) is 77.0 Å². The van der Waals surface area contributed by atoms with E-state index in [1.54, 1.807) is 0 Å². The minimum Gasteiger partial charge on any atom is -0.463 e. The van der Waals surface area contributed by atoms with E-state index in [0.29, 0.717) is 32.3 Å². The minimum absolute atomic E-state index is 0.0768. The molecule has 10 heteroatoms. The Morgan fingerprint density at radius 1 is 1.16 bits per heavy atom. The average Bonchev–Trinajstić information content (AvgIpc) is 3.77. The summed E-state index contributed by atoms with van der Waals surface area (Å²) in [4.78, 5) is 34.2. The van der Waals surface area contributed by atoms with Crippen molar-refractivity contribution in [2.45, 2.75) is 38.8 Å². The minimum atomic E-state index is -1.00. The fraction of sp³-hybridized carbons (Fsp3) is 0.471. The van der Waals surface area contributed by atoms with Crippen LogP contribution < -0.4 is 14.5 Å². The van der Waals surface area contributed by atoms with Crippen LogP contribution in [0.5, 0.6) is 6.01 Å². The number of carbonyl (C=O) groups excluding carboxylic acids is 1. The van der Waals surface area contributed by atoms with Crippen molar-refractivity contribution < 1.29 is 13.9 Å². The Morgan fingerprint density at radius 3 is 2.64 bits per heavy atom. The molecule has 0 N–H and O–H groups in total. The molecule has 0 bridgehead atoms.